The molecule has 0 bridgehead atoms. The third-order valence-corrected chi connectivity index (χ3v) is 5.48. The molecule has 7 nitrogen and oxygen atoms in total. The summed E-state index contributed by atoms with van der Waals surface area (Å²) in [6, 6.07) is 9.83. The Morgan fingerprint density at radius 3 is 3.04 bits per heavy atom. The van der Waals surface area contributed by atoms with Crippen LogP contribution in [0, 0.1) is 0 Å². The van der Waals surface area contributed by atoms with Gasteiger partial charge in [-0.3, -0.25) is 0 Å². The van der Waals surface area contributed by atoms with Gasteiger partial charge in [-0.1, -0.05) is 12.1 Å². The van der Waals surface area contributed by atoms with Gasteiger partial charge in [-0.15, -0.1) is 11.3 Å². The number of nitrogen functional groups attached to an aromatic ring is 1. The molecule has 3 aromatic rings. The highest BCUT2D eigenvalue weighted by molar-refractivity contribution is 7.15. The summed E-state index contributed by atoms with van der Waals surface area (Å²) in [5.74, 6) is 2.10. The number of hydrogen-bond acceptors (Lipinski definition) is 8. The number of thiazole rings is 1. The number of hydrogen-bond donors (Lipinski definition) is 2. The van der Waals surface area contributed by atoms with Crippen molar-refractivity contribution >= 4 is 23.1 Å². The van der Waals surface area contributed by atoms with E-state index in [1.54, 1.807) is 18.4 Å². The Bertz CT molecular complexity index is 924. The van der Waals surface area contributed by atoms with E-state index >= 15 is 0 Å². The first-order chi connectivity index (χ1) is 13.2. The Kier molecular flexibility index (Phi) is 5.17. The van der Waals surface area contributed by atoms with Crippen LogP contribution in [0.25, 0.3) is 10.6 Å². The van der Waals surface area contributed by atoms with Crippen molar-refractivity contribution in [1.82, 2.24) is 15.0 Å². The highest BCUT2D eigenvalue weighted by Crippen LogP contribution is 2.33. The molecule has 1 fully saturated rings. The number of nitrogens with zero attached hydrogens (tertiary/aromatic N) is 3. The molecular formula is C19H21N5O2S. The Labute approximate surface area is 161 Å². The molecule has 0 saturated carbocycles. The first kappa shape index (κ1) is 17.7. The van der Waals surface area contributed by atoms with Crippen molar-refractivity contribution in [2.24, 2.45) is 0 Å². The van der Waals surface area contributed by atoms with Crippen molar-refractivity contribution < 1.29 is 9.47 Å². The molecule has 1 unspecified atom stereocenters. The van der Waals surface area contributed by atoms with Crippen LogP contribution in [-0.4, -0.2) is 35.3 Å². The third kappa shape index (κ3) is 4.01. The zero-order chi connectivity index (χ0) is 18.6. The van der Waals surface area contributed by atoms with Gasteiger partial charge in [0.2, 0.25) is 5.95 Å². The average molecular weight is 383 g/mol. The fourth-order valence-corrected chi connectivity index (χ4v) is 3.95. The van der Waals surface area contributed by atoms with E-state index < -0.39 is 0 Å². The van der Waals surface area contributed by atoms with Gasteiger partial charge < -0.3 is 20.5 Å². The smallest absolute Gasteiger partial charge is 0.222 e. The predicted octanol–water partition coefficient (Wildman–Crippen LogP) is 3.31. The number of anilines is 2. The molecule has 2 aromatic heterocycles. The Morgan fingerprint density at radius 2 is 2.22 bits per heavy atom. The second-order valence-electron chi connectivity index (χ2n) is 6.28. The lowest BCUT2D eigenvalue weighted by Crippen LogP contribution is -2.08. The maximum atomic E-state index is 5.88. The summed E-state index contributed by atoms with van der Waals surface area (Å²) < 4.78 is 10.9. The number of nitrogens with two attached hydrogens (primary N) is 1. The Morgan fingerprint density at radius 1 is 1.33 bits per heavy atom. The predicted molar refractivity (Wildman–Crippen MR) is 106 cm³/mol. The van der Waals surface area contributed by atoms with E-state index in [2.05, 4.69) is 20.3 Å². The minimum atomic E-state index is 0.279. The first-order valence-corrected chi connectivity index (χ1v) is 9.59. The van der Waals surface area contributed by atoms with Crippen LogP contribution in [0.4, 0.5) is 11.8 Å². The number of nitrogens with one attached hydrogen (secondary N) is 1. The topological polar surface area (TPSA) is 95.2 Å². The van der Waals surface area contributed by atoms with Gasteiger partial charge in [-0.05, 0) is 18.6 Å². The van der Waals surface area contributed by atoms with Crippen molar-refractivity contribution in [3.63, 3.8) is 0 Å². The van der Waals surface area contributed by atoms with Gasteiger partial charge in [0.1, 0.15) is 16.6 Å². The Balaban J connectivity index is 1.47. The van der Waals surface area contributed by atoms with Gasteiger partial charge in [0.05, 0.1) is 31.5 Å². The highest BCUT2D eigenvalue weighted by atomic mass is 32.1. The number of ether oxygens (including phenoxy) is 2. The lowest BCUT2D eigenvalue weighted by molar-refractivity contribution is 0.193. The molecule has 1 aliphatic rings. The molecule has 0 radical (unpaired) electrons. The van der Waals surface area contributed by atoms with Crippen molar-refractivity contribution in [2.45, 2.75) is 18.9 Å². The van der Waals surface area contributed by atoms with Crippen LogP contribution in [0.2, 0.25) is 0 Å². The van der Waals surface area contributed by atoms with Crippen LogP contribution in [0.3, 0.4) is 0 Å². The molecule has 3 heterocycles. The second-order valence-corrected chi connectivity index (χ2v) is 7.40. The summed E-state index contributed by atoms with van der Waals surface area (Å²) in [5.41, 5.74) is 7.81. The summed E-state index contributed by atoms with van der Waals surface area (Å²) >= 11 is 1.62. The largest absolute Gasteiger partial charge is 0.496 e. The Hall–Kier alpha value is -2.71. The molecule has 1 atom stereocenters. The standard InChI is InChI=1S/C19H21N5O2S/c1-25-16-5-3-2-4-14(16)18-22-10-13(27-18)9-21-17-8-15(23-19(20)24-17)12-6-7-26-11-12/h2-5,8,10,12H,6-7,9,11H2,1H3,(H3,20,21,23,24). The number of benzene rings is 1. The molecule has 27 heavy (non-hydrogen) atoms. The van der Waals surface area contributed by atoms with Crippen molar-refractivity contribution in [2.75, 3.05) is 31.4 Å². The summed E-state index contributed by atoms with van der Waals surface area (Å²) in [7, 11) is 1.67. The molecule has 3 N–H and O–H groups in total. The monoisotopic (exact) mass is 383 g/mol. The molecule has 1 aromatic carbocycles. The average Bonchev–Trinajstić information content (AvgIpc) is 3.38. The van der Waals surface area contributed by atoms with E-state index in [1.807, 2.05) is 36.5 Å². The van der Waals surface area contributed by atoms with Gasteiger partial charge >= 0.3 is 0 Å². The second kappa shape index (κ2) is 7.89. The van der Waals surface area contributed by atoms with Gasteiger partial charge in [-0.2, -0.15) is 4.98 Å². The first-order valence-electron chi connectivity index (χ1n) is 8.77. The number of para-hydroxylation sites is 1. The van der Waals surface area contributed by atoms with Gasteiger partial charge in [-0.25, -0.2) is 9.97 Å². The van der Waals surface area contributed by atoms with Crippen molar-refractivity contribution in [3.05, 3.63) is 47.1 Å². The molecule has 0 amide bonds. The van der Waals surface area contributed by atoms with Crippen LogP contribution in [0.15, 0.2) is 36.5 Å². The van der Waals surface area contributed by atoms with Crippen LogP contribution < -0.4 is 15.8 Å². The van der Waals surface area contributed by atoms with Gasteiger partial charge in [0, 0.05) is 29.7 Å². The van der Waals surface area contributed by atoms with Crippen LogP contribution >= 0.6 is 11.3 Å². The molecule has 140 valence electrons. The lowest BCUT2D eigenvalue weighted by Gasteiger charge is -2.10. The fourth-order valence-electron chi connectivity index (χ4n) is 3.07. The summed E-state index contributed by atoms with van der Waals surface area (Å²) in [4.78, 5) is 14.3. The molecule has 0 spiro atoms. The number of methoxy groups -OCH3 is 1. The SMILES string of the molecule is COc1ccccc1-c1ncc(CNc2cc(C3CCOC3)nc(N)n2)s1. The quantitative estimate of drug-likeness (QED) is 0.674. The number of rotatable bonds is 6. The van der Waals surface area contributed by atoms with Crippen LogP contribution in [-0.2, 0) is 11.3 Å². The van der Waals surface area contributed by atoms with E-state index in [0.29, 0.717) is 13.2 Å². The van der Waals surface area contributed by atoms with Crippen molar-refractivity contribution in [3.8, 4) is 16.3 Å². The lowest BCUT2D eigenvalue weighted by atomic mass is 10.0. The zero-order valence-electron chi connectivity index (χ0n) is 15.0. The van der Waals surface area contributed by atoms with E-state index in [0.717, 1.165) is 45.7 Å². The van der Waals surface area contributed by atoms with E-state index in [-0.39, 0.29) is 11.9 Å². The maximum Gasteiger partial charge on any atom is 0.222 e. The molecule has 1 aliphatic heterocycles. The fraction of sp³-hybridized carbons (Fsp3) is 0.316. The highest BCUT2D eigenvalue weighted by Gasteiger charge is 2.20. The van der Waals surface area contributed by atoms with Crippen LogP contribution in [0.1, 0.15) is 22.9 Å². The maximum absolute atomic E-state index is 5.88. The molecule has 1 saturated heterocycles. The van der Waals surface area contributed by atoms with E-state index in [4.69, 9.17) is 15.2 Å². The van der Waals surface area contributed by atoms with E-state index in [1.165, 1.54) is 0 Å². The normalized spacial score (nSPS) is 16.4. The summed E-state index contributed by atoms with van der Waals surface area (Å²) in [6.07, 6.45) is 2.84. The molecular weight excluding hydrogens is 362 g/mol. The number of aromatic nitrogens is 3. The minimum Gasteiger partial charge on any atom is -0.496 e. The van der Waals surface area contributed by atoms with E-state index in [9.17, 15) is 0 Å². The minimum absolute atomic E-state index is 0.279. The summed E-state index contributed by atoms with van der Waals surface area (Å²) in [6.45, 7) is 2.07. The zero-order valence-corrected chi connectivity index (χ0v) is 15.8. The van der Waals surface area contributed by atoms with Gasteiger partial charge in [0.15, 0.2) is 0 Å². The third-order valence-electron chi connectivity index (χ3n) is 4.45. The molecule has 4 rings (SSSR count). The van der Waals surface area contributed by atoms with Gasteiger partial charge in [0.25, 0.3) is 0 Å². The van der Waals surface area contributed by atoms with Crippen molar-refractivity contribution in [1.29, 1.82) is 0 Å². The molecule has 8 heteroatoms. The summed E-state index contributed by atoms with van der Waals surface area (Å²) in [5, 5.41) is 4.25. The molecule has 0 aliphatic carbocycles. The van der Waals surface area contributed by atoms with Crippen LogP contribution in [0.5, 0.6) is 5.75 Å².